The van der Waals surface area contributed by atoms with E-state index < -0.39 is 58.4 Å². The Kier molecular flexibility index (Phi) is 27.1. The predicted molar refractivity (Wildman–Crippen MR) is 301 cm³/mol. The first-order valence-electron chi connectivity index (χ1n) is 27.5. The highest BCUT2D eigenvalue weighted by Crippen LogP contribution is 2.34. The smallest absolute Gasteiger partial charge is 0.334 e. The van der Waals surface area contributed by atoms with Crippen molar-refractivity contribution >= 4 is 41.7 Å². The van der Waals surface area contributed by atoms with Gasteiger partial charge in [-0.3, -0.25) is 52.2 Å². The number of benzene rings is 2. The molecular formula is C58H84N6O13. The summed E-state index contributed by atoms with van der Waals surface area (Å²) in [6, 6.07) is 6.99. The van der Waals surface area contributed by atoms with Crippen LogP contribution in [0.2, 0.25) is 0 Å². The van der Waals surface area contributed by atoms with Crippen molar-refractivity contribution < 1.29 is 43.9 Å². The number of hydrogen-bond donors (Lipinski definition) is 3. The van der Waals surface area contributed by atoms with Crippen molar-refractivity contribution in [2.75, 3.05) is 0 Å². The molecule has 3 N–H and O–H groups in total. The van der Waals surface area contributed by atoms with E-state index in [-0.39, 0.29) is 76.3 Å². The second-order valence-electron chi connectivity index (χ2n) is 20.2. The average molecular weight is 1070 g/mol. The van der Waals surface area contributed by atoms with Crippen LogP contribution in [0.25, 0.3) is 0 Å². The van der Waals surface area contributed by atoms with Gasteiger partial charge in [-0.2, -0.15) is 0 Å². The first kappa shape index (κ1) is 64.2. The van der Waals surface area contributed by atoms with Crippen LogP contribution in [0.3, 0.4) is 0 Å². The molecule has 77 heavy (non-hydrogen) atoms. The summed E-state index contributed by atoms with van der Waals surface area (Å²) < 4.78 is 20.8. The summed E-state index contributed by atoms with van der Waals surface area (Å²) in [5.41, 5.74) is -2.63. The molecule has 0 saturated heterocycles. The Morgan fingerprint density at radius 2 is 0.805 bits per heavy atom. The highest BCUT2D eigenvalue weighted by atomic mass is 16.5. The van der Waals surface area contributed by atoms with E-state index in [1.807, 2.05) is 0 Å². The molecule has 0 unspecified atom stereocenters. The largest absolute Gasteiger partial charge is 0.506 e. The first-order chi connectivity index (χ1) is 36.6. The number of aromatic nitrogens is 4. The van der Waals surface area contributed by atoms with Crippen molar-refractivity contribution in [3.8, 4) is 34.8 Å². The van der Waals surface area contributed by atoms with Crippen LogP contribution in [-0.2, 0) is 14.4 Å². The van der Waals surface area contributed by atoms with Gasteiger partial charge in [0.05, 0.1) is 0 Å². The van der Waals surface area contributed by atoms with Crippen molar-refractivity contribution in [3.63, 3.8) is 0 Å². The highest BCUT2D eigenvalue weighted by molar-refractivity contribution is 5.86. The molecule has 0 aliphatic rings. The Bertz CT molecular complexity index is 2890. The van der Waals surface area contributed by atoms with Gasteiger partial charge in [-0.05, 0) is 98.9 Å². The predicted octanol–water partition coefficient (Wildman–Crippen LogP) is 11.8. The Labute approximate surface area is 452 Å². The van der Waals surface area contributed by atoms with E-state index in [9.17, 15) is 48.9 Å². The molecule has 0 aliphatic carbocycles. The zero-order chi connectivity index (χ0) is 57.4. The molecule has 19 nitrogen and oxygen atoms in total. The number of carbonyl (C=O) groups is 3. The van der Waals surface area contributed by atoms with Crippen LogP contribution in [0, 0.1) is 0 Å². The number of aromatic hydroxyl groups is 3. The third-order valence-electron chi connectivity index (χ3n) is 12.4. The summed E-state index contributed by atoms with van der Waals surface area (Å²) >= 11 is 0. The zero-order valence-corrected chi connectivity index (χ0v) is 47.3. The van der Waals surface area contributed by atoms with Crippen LogP contribution in [0.4, 0.5) is 11.4 Å². The van der Waals surface area contributed by atoms with Crippen molar-refractivity contribution in [1.82, 2.24) is 18.3 Å². The molecule has 0 aliphatic heterocycles. The monoisotopic (exact) mass is 1070 g/mol. The van der Waals surface area contributed by atoms with Gasteiger partial charge in [-0.1, -0.05) is 97.8 Å². The third-order valence-corrected chi connectivity index (χ3v) is 12.4. The fourth-order valence-electron chi connectivity index (χ4n) is 8.21. The number of esters is 3. The average Bonchev–Trinajstić information content (AvgIpc) is 3.34. The van der Waals surface area contributed by atoms with E-state index >= 15 is 0 Å². The molecule has 424 valence electrons. The number of phenolic OH excluding ortho intramolecular Hbond substituents is 1. The molecule has 0 atom stereocenters. The van der Waals surface area contributed by atoms with Crippen molar-refractivity contribution in [2.45, 2.75) is 216 Å². The quantitative estimate of drug-likeness (QED) is 0.0198. The number of ether oxygens (including phenoxy) is 3. The molecule has 2 aromatic carbocycles. The summed E-state index contributed by atoms with van der Waals surface area (Å²) in [4.78, 5) is 97.2. The number of nitrogens with zero attached hydrogens (tertiary/aromatic N) is 6. The Hall–Kier alpha value is -7.05. The summed E-state index contributed by atoms with van der Waals surface area (Å²) in [5.74, 6) is -2.00. The Morgan fingerprint density at radius 1 is 0.468 bits per heavy atom. The summed E-state index contributed by atoms with van der Waals surface area (Å²) in [6.45, 7) is 20.1. The molecule has 4 aromatic rings. The molecule has 0 amide bonds. The van der Waals surface area contributed by atoms with E-state index in [0.717, 1.165) is 121 Å². The molecule has 0 saturated carbocycles. The van der Waals surface area contributed by atoms with E-state index in [1.165, 1.54) is 36.4 Å². The molecule has 4 rings (SSSR count). The van der Waals surface area contributed by atoms with Gasteiger partial charge in [-0.15, -0.1) is 0 Å². The minimum absolute atomic E-state index is 0.0592. The second kappa shape index (κ2) is 32.5. The fraction of sp³-hybridized carbons (Fsp3) is 0.569. The van der Waals surface area contributed by atoms with Crippen LogP contribution < -0.4 is 36.7 Å². The maximum atomic E-state index is 13.2. The maximum absolute atomic E-state index is 13.2. The molecule has 0 radical (unpaired) electrons. The first-order valence-corrected chi connectivity index (χ1v) is 27.5. The number of rotatable bonds is 29. The normalized spacial score (nSPS) is 11.6. The lowest BCUT2D eigenvalue weighted by molar-refractivity contribution is -0.135. The standard InChI is InChI=1S/C33H49N3O7.C25H35N3O6/c1-7-9-11-13-15-17-29(37)42-25-19-20-27(28(21-25)43-30(38)18-16-14-12-10-8-2)34-22-26-31(39)35(23(3)4)33(41)36(24(5)6)32(26)40;1-6-7-8-9-10-11-22(30)34-18-12-13-20(21(29)14-18)26-15-19-23(31)27(16(2)3)25(33)28(17(4)5)24(19)32/h19-24,39H,7-18H2,1-6H3;12-17,29,31H,6-11H2,1-5H3. The van der Waals surface area contributed by atoms with E-state index in [2.05, 4.69) is 30.8 Å². The van der Waals surface area contributed by atoms with Crippen LogP contribution in [-0.4, -0.2) is 63.9 Å². The van der Waals surface area contributed by atoms with Crippen LogP contribution >= 0.6 is 0 Å². The van der Waals surface area contributed by atoms with E-state index in [1.54, 1.807) is 55.4 Å². The zero-order valence-electron chi connectivity index (χ0n) is 47.3. The molecule has 0 fully saturated rings. The second-order valence-corrected chi connectivity index (χ2v) is 20.2. The van der Waals surface area contributed by atoms with Gasteiger partial charge in [-0.25, -0.2) is 9.59 Å². The van der Waals surface area contributed by atoms with Crippen molar-refractivity contribution in [1.29, 1.82) is 0 Å². The molecular weight excluding hydrogens is 989 g/mol. The lowest BCUT2D eigenvalue weighted by Gasteiger charge is -2.18. The number of hydrogen-bond acceptors (Lipinski definition) is 15. The summed E-state index contributed by atoms with van der Waals surface area (Å²) in [7, 11) is 0. The Morgan fingerprint density at radius 3 is 1.17 bits per heavy atom. The Balaban J connectivity index is 0.000000416. The van der Waals surface area contributed by atoms with Gasteiger partial charge in [0, 0.05) is 68.0 Å². The summed E-state index contributed by atoms with van der Waals surface area (Å²) in [6.07, 6.45) is 18.0. The minimum Gasteiger partial charge on any atom is -0.506 e. The van der Waals surface area contributed by atoms with Crippen LogP contribution in [0.1, 0.15) is 227 Å². The lowest BCUT2D eigenvalue weighted by atomic mass is 10.1. The number of unbranched alkanes of at least 4 members (excludes halogenated alkanes) is 12. The van der Waals surface area contributed by atoms with E-state index in [4.69, 9.17) is 14.2 Å². The maximum Gasteiger partial charge on any atom is 0.334 e. The van der Waals surface area contributed by atoms with Crippen LogP contribution in [0.15, 0.2) is 65.6 Å². The summed E-state index contributed by atoms with van der Waals surface area (Å²) in [5, 5.41) is 31.7. The molecule has 0 bridgehead atoms. The van der Waals surface area contributed by atoms with Gasteiger partial charge in [0.15, 0.2) is 5.75 Å². The molecule has 0 spiro atoms. The third kappa shape index (κ3) is 19.5. The number of carbonyl (C=O) groups excluding carboxylic acids is 3. The van der Waals surface area contributed by atoms with Crippen LogP contribution in [0.5, 0.6) is 34.8 Å². The highest BCUT2D eigenvalue weighted by Gasteiger charge is 2.23. The molecule has 2 heterocycles. The van der Waals surface area contributed by atoms with Crippen molar-refractivity contribution in [2.24, 2.45) is 9.98 Å². The van der Waals surface area contributed by atoms with Gasteiger partial charge in [0.2, 0.25) is 11.8 Å². The van der Waals surface area contributed by atoms with Gasteiger partial charge >= 0.3 is 29.3 Å². The minimum atomic E-state index is -0.687. The number of aliphatic imine (C=N–C) groups is 2. The van der Waals surface area contributed by atoms with Gasteiger partial charge in [0.25, 0.3) is 11.1 Å². The SMILES string of the molecule is CCCCCCCC(=O)Oc1ccc(N=Cc2c(O)n(C(C)C)c(=O)n(C(C)C)c2=O)c(O)c1.CCCCCCCC(=O)Oc1ccc(N=Cc2c(O)n(C(C)C)c(=O)n(C(C)C)c2=O)c(OC(=O)CCCCCCC)c1. The molecule has 19 heteroatoms. The lowest BCUT2D eigenvalue weighted by Crippen LogP contribution is -2.43. The fourth-order valence-corrected chi connectivity index (χ4v) is 8.21. The van der Waals surface area contributed by atoms with Crippen molar-refractivity contribution in [3.05, 3.63) is 89.2 Å². The molecule has 2 aromatic heterocycles. The van der Waals surface area contributed by atoms with E-state index in [0.29, 0.717) is 12.8 Å². The van der Waals surface area contributed by atoms with Gasteiger partial charge in [0.1, 0.15) is 39.8 Å². The topological polar surface area (TPSA) is 252 Å². The number of phenols is 1. The van der Waals surface area contributed by atoms with Gasteiger partial charge < -0.3 is 29.5 Å².